The molecule has 1 unspecified atom stereocenters. The molecule has 0 aliphatic rings. The van der Waals surface area contributed by atoms with Gasteiger partial charge in [-0.3, -0.25) is 4.98 Å². The fourth-order valence-corrected chi connectivity index (χ4v) is 2.30. The molecule has 20 heavy (non-hydrogen) atoms. The van der Waals surface area contributed by atoms with Crippen LogP contribution in [0.3, 0.4) is 0 Å². The fraction of sp³-hybridized carbons (Fsp3) is 0.353. The Morgan fingerprint density at radius 3 is 2.55 bits per heavy atom. The maximum Gasteiger partial charge on any atom is 0.0543 e. The van der Waals surface area contributed by atoms with Crippen LogP contribution >= 0.6 is 0 Å². The van der Waals surface area contributed by atoms with Gasteiger partial charge in [-0.05, 0) is 44.1 Å². The molecule has 0 amide bonds. The molecule has 0 bridgehead atoms. The van der Waals surface area contributed by atoms with Crippen LogP contribution in [0, 0.1) is 0 Å². The Labute approximate surface area is 121 Å². The van der Waals surface area contributed by atoms with Crippen LogP contribution in [0.4, 0.5) is 0 Å². The molecule has 2 N–H and O–H groups in total. The minimum Gasteiger partial charge on any atom is -0.324 e. The summed E-state index contributed by atoms with van der Waals surface area (Å²) in [5.74, 6) is 0. The third-order valence-electron chi connectivity index (χ3n) is 3.44. The van der Waals surface area contributed by atoms with Crippen LogP contribution in [0.15, 0.2) is 54.7 Å². The van der Waals surface area contributed by atoms with E-state index in [4.69, 9.17) is 5.73 Å². The largest absolute Gasteiger partial charge is 0.324 e. The van der Waals surface area contributed by atoms with Crippen molar-refractivity contribution in [2.24, 2.45) is 5.73 Å². The third-order valence-corrected chi connectivity index (χ3v) is 3.44. The SMILES string of the molecule is CN(CCCC(N)c1ccccc1)Cc1ccccn1. The summed E-state index contributed by atoms with van der Waals surface area (Å²) in [6.45, 7) is 1.93. The molecule has 2 rings (SSSR count). The lowest BCUT2D eigenvalue weighted by Gasteiger charge is -2.18. The van der Waals surface area contributed by atoms with E-state index in [1.54, 1.807) is 0 Å². The molecule has 0 saturated heterocycles. The Hall–Kier alpha value is -1.71. The topological polar surface area (TPSA) is 42.1 Å². The number of hydrogen-bond acceptors (Lipinski definition) is 3. The molecule has 1 aromatic carbocycles. The lowest BCUT2D eigenvalue weighted by atomic mass is 10.0. The first-order chi connectivity index (χ1) is 9.75. The van der Waals surface area contributed by atoms with Crippen LogP contribution in [0.25, 0.3) is 0 Å². The van der Waals surface area contributed by atoms with Crippen molar-refractivity contribution in [3.8, 4) is 0 Å². The van der Waals surface area contributed by atoms with Gasteiger partial charge in [0.25, 0.3) is 0 Å². The molecule has 0 radical (unpaired) electrons. The second kappa shape index (κ2) is 7.78. The van der Waals surface area contributed by atoms with E-state index >= 15 is 0 Å². The number of hydrogen-bond donors (Lipinski definition) is 1. The molecule has 0 fully saturated rings. The number of aromatic nitrogens is 1. The average Bonchev–Trinajstić information content (AvgIpc) is 2.49. The highest BCUT2D eigenvalue weighted by molar-refractivity contribution is 5.18. The summed E-state index contributed by atoms with van der Waals surface area (Å²) < 4.78 is 0. The molecule has 0 saturated carbocycles. The predicted octanol–water partition coefficient (Wildman–Crippen LogP) is 2.99. The second-order valence-corrected chi connectivity index (χ2v) is 5.22. The van der Waals surface area contributed by atoms with Gasteiger partial charge in [-0.1, -0.05) is 36.4 Å². The zero-order valence-corrected chi connectivity index (χ0v) is 12.1. The van der Waals surface area contributed by atoms with Crippen LogP contribution in [0.5, 0.6) is 0 Å². The summed E-state index contributed by atoms with van der Waals surface area (Å²) in [5.41, 5.74) is 8.54. The predicted molar refractivity (Wildman–Crippen MR) is 83.2 cm³/mol. The number of nitrogens with two attached hydrogens (primary N) is 1. The zero-order valence-electron chi connectivity index (χ0n) is 12.1. The monoisotopic (exact) mass is 269 g/mol. The summed E-state index contributed by atoms with van der Waals surface area (Å²) in [4.78, 5) is 6.63. The molecule has 1 aromatic heterocycles. The van der Waals surface area contributed by atoms with Crippen LogP contribution < -0.4 is 5.73 Å². The lowest BCUT2D eigenvalue weighted by molar-refractivity contribution is 0.311. The lowest BCUT2D eigenvalue weighted by Crippen LogP contribution is -2.21. The molecule has 2 aromatic rings. The third kappa shape index (κ3) is 4.76. The van der Waals surface area contributed by atoms with E-state index in [0.717, 1.165) is 31.6 Å². The smallest absolute Gasteiger partial charge is 0.0543 e. The van der Waals surface area contributed by atoms with Crippen molar-refractivity contribution in [3.05, 3.63) is 66.0 Å². The van der Waals surface area contributed by atoms with Gasteiger partial charge in [0.05, 0.1) is 5.69 Å². The van der Waals surface area contributed by atoms with Crippen molar-refractivity contribution in [1.29, 1.82) is 0 Å². The molecule has 0 aliphatic heterocycles. The normalized spacial score (nSPS) is 12.6. The van der Waals surface area contributed by atoms with Crippen molar-refractivity contribution in [2.45, 2.75) is 25.4 Å². The number of nitrogens with zero attached hydrogens (tertiary/aromatic N) is 2. The first-order valence-corrected chi connectivity index (χ1v) is 7.14. The van der Waals surface area contributed by atoms with E-state index < -0.39 is 0 Å². The molecule has 3 nitrogen and oxygen atoms in total. The highest BCUT2D eigenvalue weighted by atomic mass is 15.1. The van der Waals surface area contributed by atoms with Gasteiger partial charge >= 0.3 is 0 Å². The van der Waals surface area contributed by atoms with Crippen LogP contribution in [0.1, 0.15) is 30.1 Å². The van der Waals surface area contributed by atoms with Gasteiger partial charge in [-0.25, -0.2) is 0 Å². The summed E-state index contributed by atoms with van der Waals surface area (Å²) in [6.07, 6.45) is 3.95. The van der Waals surface area contributed by atoms with Crippen molar-refractivity contribution >= 4 is 0 Å². The van der Waals surface area contributed by atoms with E-state index in [2.05, 4.69) is 35.1 Å². The maximum absolute atomic E-state index is 6.20. The molecule has 3 heteroatoms. The van der Waals surface area contributed by atoms with Crippen LogP contribution in [-0.4, -0.2) is 23.5 Å². The quantitative estimate of drug-likeness (QED) is 0.840. The minimum absolute atomic E-state index is 0.138. The Morgan fingerprint density at radius 1 is 1.10 bits per heavy atom. The van der Waals surface area contributed by atoms with Crippen molar-refractivity contribution in [2.75, 3.05) is 13.6 Å². The summed E-state index contributed by atoms with van der Waals surface area (Å²) >= 11 is 0. The average molecular weight is 269 g/mol. The molecule has 1 heterocycles. The van der Waals surface area contributed by atoms with E-state index in [1.165, 1.54) is 5.56 Å². The van der Waals surface area contributed by atoms with Gasteiger partial charge in [0.15, 0.2) is 0 Å². The molecule has 1 atom stereocenters. The summed E-state index contributed by atoms with van der Waals surface area (Å²) in [6, 6.07) is 16.5. The van der Waals surface area contributed by atoms with Crippen molar-refractivity contribution in [1.82, 2.24) is 9.88 Å². The minimum atomic E-state index is 0.138. The van der Waals surface area contributed by atoms with Gasteiger partial charge < -0.3 is 10.6 Å². The van der Waals surface area contributed by atoms with Gasteiger partial charge in [-0.15, -0.1) is 0 Å². The number of rotatable bonds is 7. The Bertz CT molecular complexity index is 484. The second-order valence-electron chi connectivity index (χ2n) is 5.22. The fourth-order valence-electron chi connectivity index (χ4n) is 2.30. The van der Waals surface area contributed by atoms with E-state index in [1.807, 2.05) is 36.5 Å². The number of pyridine rings is 1. The highest BCUT2D eigenvalue weighted by Gasteiger charge is 2.06. The Morgan fingerprint density at radius 2 is 1.85 bits per heavy atom. The molecular formula is C17H23N3. The van der Waals surface area contributed by atoms with E-state index in [9.17, 15) is 0 Å². The van der Waals surface area contributed by atoms with Crippen LogP contribution in [0.2, 0.25) is 0 Å². The summed E-state index contributed by atoms with van der Waals surface area (Å²) in [7, 11) is 2.13. The van der Waals surface area contributed by atoms with Gasteiger partial charge in [0, 0.05) is 18.8 Å². The van der Waals surface area contributed by atoms with E-state index in [-0.39, 0.29) is 6.04 Å². The first-order valence-electron chi connectivity index (χ1n) is 7.14. The van der Waals surface area contributed by atoms with Gasteiger partial charge in [0.2, 0.25) is 0 Å². The Kier molecular flexibility index (Phi) is 5.71. The maximum atomic E-state index is 6.20. The number of benzene rings is 1. The molecule has 0 aliphatic carbocycles. The molecule has 0 spiro atoms. The Balaban J connectivity index is 1.70. The molecule has 106 valence electrons. The van der Waals surface area contributed by atoms with Gasteiger partial charge in [-0.2, -0.15) is 0 Å². The first kappa shape index (κ1) is 14.7. The molecular weight excluding hydrogens is 246 g/mol. The zero-order chi connectivity index (χ0) is 14.2. The standard InChI is InChI=1S/C17H23N3/c1-20(14-16-10-5-6-12-19-16)13-7-11-17(18)15-8-3-2-4-9-15/h2-6,8-10,12,17H,7,11,13-14,18H2,1H3. The van der Waals surface area contributed by atoms with Gasteiger partial charge in [0.1, 0.15) is 0 Å². The van der Waals surface area contributed by atoms with Crippen molar-refractivity contribution < 1.29 is 0 Å². The van der Waals surface area contributed by atoms with Crippen molar-refractivity contribution in [3.63, 3.8) is 0 Å². The van der Waals surface area contributed by atoms with E-state index in [0.29, 0.717) is 0 Å². The van der Waals surface area contributed by atoms with Crippen LogP contribution in [-0.2, 0) is 6.54 Å². The highest BCUT2D eigenvalue weighted by Crippen LogP contribution is 2.15. The summed E-state index contributed by atoms with van der Waals surface area (Å²) in [5, 5.41) is 0.